The molecule has 0 aliphatic heterocycles. The molecule has 0 aromatic heterocycles. The minimum atomic E-state index is -0.441. The third-order valence-electron chi connectivity index (χ3n) is 5.49. The number of methoxy groups -OCH3 is 1. The van der Waals surface area contributed by atoms with Gasteiger partial charge in [-0.1, -0.05) is 57.9 Å². The van der Waals surface area contributed by atoms with Crippen LogP contribution in [0.4, 0.5) is 5.69 Å². The number of hydrogen-bond donors (Lipinski definition) is 2. The number of carbonyl (C=O) groups excluding carboxylic acids is 2. The van der Waals surface area contributed by atoms with Gasteiger partial charge < -0.3 is 19.5 Å². The molecule has 40 heavy (non-hydrogen) atoms. The minimum absolute atomic E-state index is 0.226. The van der Waals surface area contributed by atoms with Crippen molar-refractivity contribution in [2.45, 2.75) is 6.61 Å². The average molecular weight is 623 g/mol. The quantitative estimate of drug-likeness (QED) is 0.148. The second-order valence-electron chi connectivity index (χ2n) is 8.36. The number of rotatable bonds is 11. The van der Waals surface area contributed by atoms with E-state index in [2.05, 4.69) is 31.8 Å². The van der Waals surface area contributed by atoms with Gasteiger partial charge in [-0.15, -0.1) is 0 Å². The lowest BCUT2D eigenvalue weighted by atomic mass is 10.2. The van der Waals surface area contributed by atoms with Crippen LogP contribution in [0.3, 0.4) is 0 Å². The van der Waals surface area contributed by atoms with Crippen molar-refractivity contribution < 1.29 is 23.8 Å². The van der Waals surface area contributed by atoms with Crippen LogP contribution in [0, 0.1) is 0 Å². The third kappa shape index (κ3) is 8.33. The zero-order chi connectivity index (χ0) is 28.3. The summed E-state index contributed by atoms with van der Waals surface area (Å²) in [6.45, 7) is 0.142. The fourth-order valence-corrected chi connectivity index (χ4v) is 4.02. The summed E-state index contributed by atoms with van der Waals surface area (Å²) < 4.78 is 17.7. The van der Waals surface area contributed by atoms with Gasteiger partial charge in [0.15, 0.2) is 18.1 Å². The first-order chi connectivity index (χ1) is 19.4. The summed E-state index contributed by atoms with van der Waals surface area (Å²) in [6.07, 6.45) is 1.43. The fraction of sp³-hybridized carbons (Fsp3) is 0.100. The molecule has 10 heteroatoms. The summed E-state index contributed by atoms with van der Waals surface area (Å²) in [5.41, 5.74) is 5.00. The van der Waals surface area contributed by atoms with Gasteiger partial charge in [0.1, 0.15) is 12.4 Å². The number of ether oxygens (including phenoxy) is 3. The highest BCUT2D eigenvalue weighted by Gasteiger charge is 2.12. The maximum atomic E-state index is 12.7. The normalized spacial score (nSPS) is 10.7. The Balaban J connectivity index is 1.35. The van der Waals surface area contributed by atoms with Crippen molar-refractivity contribution in [3.63, 3.8) is 0 Å². The number of benzene rings is 4. The lowest BCUT2D eigenvalue weighted by Crippen LogP contribution is -2.20. The number of amides is 2. The van der Waals surface area contributed by atoms with Gasteiger partial charge in [-0.25, -0.2) is 5.43 Å². The summed E-state index contributed by atoms with van der Waals surface area (Å²) in [5, 5.41) is 7.37. The van der Waals surface area contributed by atoms with Gasteiger partial charge in [-0.2, -0.15) is 5.10 Å². The Hall–Kier alpha value is -4.34. The molecule has 0 radical (unpaired) electrons. The molecule has 4 aromatic carbocycles. The standard InChI is InChI=1S/C30H25BrClN3O5/c1-38-28-16-21(7-13-27(28)39-18-20-5-3-2-4-6-20)30(37)35-33-17-22-15-23(31)8-14-26(22)40-19-29(36)34-25-11-9-24(32)10-12-25/h2-17H,18-19H2,1H3,(H,34,36)(H,35,37)/b33-17+. The summed E-state index contributed by atoms with van der Waals surface area (Å²) in [7, 11) is 1.51. The largest absolute Gasteiger partial charge is 0.493 e. The van der Waals surface area contributed by atoms with E-state index in [1.165, 1.54) is 13.3 Å². The van der Waals surface area contributed by atoms with Gasteiger partial charge >= 0.3 is 0 Å². The van der Waals surface area contributed by atoms with Crippen LogP contribution in [0.25, 0.3) is 0 Å². The zero-order valence-corrected chi connectivity index (χ0v) is 23.7. The molecule has 0 saturated heterocycles. The van der Waals surface area contributed by atoms with E-state index in [1.54, 1.807) is 60.7 Å². The molecule has 4 aromatic rings. The first kappa shape index (κ1) is 28.7. The summed E-state index contributed by atoms with van der Waals surface area (Å²) >= 11 is 9.29. The van der Waals surface area contributed by atoms with Crippen molar-refractivity contribution >= 4 is 51.2 Å². The Bertz CT molecular complexity index is 1500. The number of hydrogen-bond acceptors (Lipinski definition) is 6. The first-order valence-electron chi connectivity index (χ1n) is 12.1. The molecule has 0 aliphatic carbocycles. The maximum absolute atomic E-state index is 12.7. The van der Waals surface area contributed by atoms with E-state index in [0.29, 0.717) is 45.7 Å². The molecule has 0 atom stereocenters. The van der Waals surface area contributed by atoms with Crippen molar-refractivity contribution in [1.29, 1.82) is 0 Å². The Morgan fingerprint density at radius 3 is 2.40 bits per heavy atom. The molecule has 2 amide bonds. The van der Waals surface area contributed by atoms with Crippen molar-refractivity contribution in [2.75, 3.05) is 19.0 Å². The van der Waals surface area contributed by atoms with Gasteiger partial charge in [0.2, 0.25) is 0 Å². The summed E-state index contributed by atoms with van der Waals surface area (Å²) in [6, 6.07) is 26.6. The third-order valence-corrected chi connectivity index (χ3v) is 6.24. The second-order valence-corrected chi connectivity index (χ2v) is 9.72. The zero-order valence-electron chi connectivity index (χ0n) is 21.4. The molecule has 0 saturated carbocycles. The minimum Gasteiger partial charge on any atom is -0.493 e. The highest BCUT2D eigenvalue weighted by molar-refractivity contribution is 9.10. The van der Waals surface area contributed by atoms with Crippen LogP contribution in [0.15, 0.2) is 101 Å². The smallest absolute Gasteiger partial charge is 0.271 e. The van der Waals surface area contributed by atoms with Crippen LogP contribution >= 0.6 is 27.5 Å². The molecule has 2 N–H and O–H groups in total. The van der Waals surface area contributed by atoms with E-state index in [-0.39, 0.29) is 12.5 Å². The van der Waals surface area contributed by atoms with Gasteiger partial charge in [0, 0.05) is 26.3 Å². The molecular weight excluding hydrogens is 598 g/mol. The molecule has 0 aliphatic rings. The van der Waals surface area contributed by atoms with E-state index in [1.807, 2.05) is 30.3 Å². The monoisotopic (exact) mass is 621 g/mol. The van der Waals surface area contributed by atoms with Crippen molar-refractivity contribution in [3.05, 3.63) is 117 Å². The van der Waals surface area contributed by atoms with Crippen LogP contribution < -0.4 is 25.0 Å². The first-order valence-corrected chi connectivity index (χ1v) is 13.2. The summed E-state index contributed by atoms with van der Waals surface area (Å²) in [4.78, 5) is 25.0. The summed E-state index contributed by atoms with van der Waals surface area (Å²) in [5.74, 6) is 0.569. The molecule has 8 nitrogen and oxygen atoms in total. The van der Waals surface area contributed by atoms with Gasteiger partial charge in [0.25, 0.3) is 11.8 Å². The van der Waals surface area contributed by atoms with E-state index in [4.69, 9.17) is 25.8 Å². The number of anilines is 1. The number of nitrogens with zero attached hydrogens (tertiary/aromatic N) is 1. The SMILES string of the molecule is COc1cc(C(=O)N/N=C/c2cc(Br)ccc2OCC(=O)Nc2ccc(Cl)cc2)ccc1OCc1ccccc1. The Labute approximate surface area is 245 Å². The van der Waals surface area contributed by atoms with Gasteiger partial charge in [-0.05, 0) is 66.2 Å². The van der Waals surface area contributed by atoms with E-state index >= 15 is 0 Å². The number of nitrogens with one attached hydrogen (secondary N) is 2. The van der Waals surface area contributed by atoms with Crippen LogP contribution in [0.2, 0.25) is 5.02 Å². The van der Waals surface area contributed by atoms with Crippen LogP contribution in [0.5, 0.6) is 17.2 Å². The molecule has 0 heterocycles. The van der Waals surface area contributed by atoms with E-state index in [0.717, 1.165) is 10.0 Å². The molecule has 0 spiro atoms. The molecule has 0 fully saturated rings. The highest BCUT2D eigenvalue weighted by Crippen LogP contribution is 2.29. The van der Waals surface area contributed by atoms with E-state index < -0.39 is 5.91 Å². The number of carbonyl (C=O) groups is 2. The lowest BCUT2D eigenvalue weighted by Gasteiger charge is -2.12. The van der Waals surface area contributed by atoms with Gasteiger partial charge in [0.05, 0.1) is 13.3 Å². The number of hydrazone groups is 1. The Morgan fingerprint density at radius 1 is 0.900 bits per heavy atom. The molecule has 4 rings (SSSR count). The second kappa shape index (κ2) is 14.2. The topological polar surface area (TPSA) is 98.3 Å². The van der Waals surface area contributed by atoms with Crippen LogP contribution in [-0.2, 0) is 11.4 Å². The van der Waals surface area contributed by atoms with E-state index in [9.17, 15) is 9.59 Å². The Morgan fingerprint density at radius 2 is 1.65 bits per heavy atom. The maximum Gasteiger partial charge on any atom is 0.271 e. The van der Waals surface area contributed by atoms with Crippen molar-refractivity contribution in [1.82, 2.24) is 5.43 Å². The average Bonchev–Trinajstić information content (AvgIpc) is 2.97. The van der Waals surface area contributed by atoms with Crippen molar-refractivity contribution in [2.24, 2.45) is 5.10 Å². The molecule has 204 valence electrons. The predicted molar refractivity (Wildman–Crippen MR) is 159 cm³/mol. The van der Waals surface area contributed by atoms with Gasteiger partial charge in [-0.3, -0.25) is 9.59 Å². The molecule has 0 unspecified atom stereocenters. The molecule has 0 bridgehead atoms. The van der Waals surface area contributed by atoms with Crippen LogP contribution in [-0.4, -0.2) is 31.7 Å². The van der Waals surface area contributed by atoms with Crippen molar-refractivity contribution in [3.8, 4) is 17.2 Å². The fourth-order valence-electron chi connectivity index (χ4n) is 3.51. The Kier molecular flexibility index (Phi) is 10.1. The number of halogens is 2. The lowest BCUT2D eigenvalue weighted by molar-refractivity contribution is -0.118. The molecular formula is C30H25BrClN3O5. The predicted octanol–water partition coefficient (Wildman–Crippen LogP) is 6.47. The highest BCUT2D eigenvalue weighted by atomic mass is 79.9. The van der Waals surface area contributed by atoms with Crippen LogP contribution in [0.1, 0.15) is 21.5 Å².